The molecule has 162 valence electrons. The lowest BCUT2D eigenvalue weighted by Crippen LogP contribution is -2.53. The first-order valence-corrected chi connectivity index (χ1v) is 10.6. The molecule has 0 aromatic heterocycles. The molecule has 1 unspecified atom stereocenters. The predicted molar refractivity (Wildman–Crippen MR) is 118 cm³/mol. The van der Waals surface area contributed by atoms with Gasteiger partial charge in [-0.15, -0.1) is 0 Å². The van der Waals surface area contributed by atoms with E-state index in [4.69, 9.17) is 4.74 Å². The van der Waals surface area contributed by atoms with Crippen LogP contribution in [0.2, 0.25) is 0 Å². The Hall–Kier alpha value is -3.41. The first-order valence-electron chi connectivity index (χ1n) is 10.6. The van der Waals surface area contributed by atoms with E-state index in [1.807, 2.05) is 42.5 Å². The summed E-state index contributed by atoms with van der Waals surface area (Å²) in [5.74, 6) is -1.27. The molecular weight excluding hydrogens is 392 g/mol. The Labute approximate surface area is 182 Å². The minimum absolute atomic E-state index is 0.303. The molecule has 6 heteroatoms. The van der Waals surface area contributed by atoms with Crippen LogP contribution in [-0.4, -0.2) is 37.0 Å². The fourth-order valence-corrected chi connectivity index (χ4v) is 3.70. The van der Waals surface area contributed by atoms with Crippen molar-refractivity contribution in [2.75, 3.05) is 7.11 Å². The molecule has 2 N–H and O–H groups in total. The zero-order valence-electron chi connectivity index (χ0n) is 17.7. The lowest BCUT2D eigenvalue weighted by molar-refractivity contribution is -0.145. The van der Waals surface area contributed by atoms with Crippen LogP contribution in [0.4, 0.5) is 0 Å². The van der Waals surface area contributed by atoms with E-state index in [1.165, 1.54) is 7.11 Å². The quantitative estimate of drug-likeness (QED) is 0.507. The SMILES string of the molecule is COC(=O)[C@H](Cc1ccccc1)NC(=O)C(NC(=O)c1ccccc1)C1=CCCCC1. The molecule has 2 atom stereocenters. The van der Waals surface area contributed by atoms with Crippen molar-refractivity contribution in [1.82, 2.24) is 10.6 Å². The Balaban J connectivity index is 1.79. The summed E-state index contributed by atoms with van der Waals surface area (Å²) in [4.78, 5) is 38.4. The largest absolute Gasteiger partial charge is 0.467 e. The second-order valence-corrected chi connectivity index (χ2v) is 7.57. The smallest absolute Gasteiger partial charge is 0.328 e. The zero-order valence-corrected chi connectivity index (χ0v) is 17.7. The summed E-state index contributed by atoms with van der Waals surface area (Å²) in [6.45, 7) is 0. The molecule has 0 fully saturated rings. The van der Waals surface area contributed by atoms with Crippen LogP contribution in [0.1, 0.15) is 41.6 Å². The Morgan fingerprint density at radius 2 is 1.61 bits per heavy atom. The zero-order chi connectivity index (χ0) is 22.1. The number of esters is 1. The molecule has 0 saturated carbocycles. The summed E-state index contributed by atoms with van der Waals surface area (Å²) in [6, 6.07) is 16.5. The van der Waals surface area contributed by atoms with Crippen molar-refractivity contribution in [1.29, 1.82) is 0 Å². The first kappa shape index (κ1) is 22.3. The molecule has 0 aliphatic heterocycles. The maximum atomic E-state index is 13.3. The van der Waals surface area contributed by atoms with Gasteiger partial charge in [-0.1, -0.05) is 54.6 Å². The molecular formula is C25H28N2O4. The molecule has 0 bridgehead atoms. The Kier molecular flexibility index (Phi) is 7.98. The standard InChI is InChI=1S/C25H28N2O4/c1-31-25(30)21(17-18-11-5-2-6-12-18)26-24(29)22(19-13-7-3-8-14-19)27-23(28)20-15-9-4-10-16-20/h2,4-6,9-13,15-16,21-22H,3,7-8,14,17H2,1H3,(H,26,29)(H,27,28)/t21-,22?/m0/s1. The minimum Gasteiger partial charge on any atom is -0.467 e. The summed E-state index contributed by atoms with van der Waals surface area (Å²) < 4.78 is 4.91. The van der Waals surface area contributed by atoms with Gasteiger partial charge < -0.3 is 15.4 Å². The summed E-state index contributed by atoms with van der Waals surface area (Å²) in [5, 5.41) is 5.66. The van der Waals surface area contributed by atoms with Crippen molar-refractivity contribution in [3.05, 3.63) is 83.4 Å². The van der Waals surface area contributed by atoms with Gasteiger partial charge in [0.15, 0.2) is 0 Å². The van der Waals surface area contributed by atoms with Crippen LogP contribution in [0, 0.1) is 0 Å². The molecule has 2 amide bonds. The highest BCUT2D eigenvalue weighted by atomic mass is 16.5. The molecule has 2 aromatic rings. The topological polar surface area (TPSA) is 84.5 Å². The van der Waals surface area contributed by atoms with Crippen molar-refractivity contribution in [3.8, 4) is 0 Å². The number of hydrogen-bond donors (Lipinski definition) is 2. The van der Waals surface area contributed by atoms with E-state index in [9.17, 15) is 14.4 Å². The molecule has 0 spiro atoms. The highest BCUT2D eigenvalue weighted by Crippen LogP contribution is 2.21. The number of ether oxygens (including phenoxy) is 1. The van der Waals surface area contributed by atoms with E-state index in [0.717, 1.165) is 36.8 Å². The van der Waals surface area contributed by atoms with E-state index < -0.39 is 24.0 Å². The number of carbonyl (C=O) groups is 3. The van der Waals surface area contributed by atoms with E-state index in [1.54, 1.807) is 24.3 Å². The molecule has 1 aliphatic rings. The lowest BCUT2D eigenvalue weighted by atomic mass is 9.92. The summed E-state index contributed by atoms with van der Waals surface area (Å²) in [5.41, 5.74) is 2.25. The third-order valence-electron chi connectivity index (χ3n) is 5.36. The van der Waals surface area contributed by atoms with Gasteiger partial charge >= 0.3 is 5.97 Å². The number of hydrogen-bond acceptors (Lipinski definition) is 4. The highest BCUT2D eigenvalue weighted by Gasteiger charge is 2.30. The summed E-state index contributed by atoms with van der Waals surface area (Å²) >= 11 is 0. The van der Waals surface area contributed by atoms with Crippen LogP contribution < -0.4 is 10.6 Å². The average Bonchev–Trinajstić information content (AvgIpc) is 2.83. The fraction of sp³-hybridized carbons (Fsp3) is 0.320. The van der Waals surface area contributed by atoms with Gasteiger partial charge in [-0.3, -0.25) is 9.59 Å². The Bertz CT molecular complexity index is 925. The number of allylic oxidation sites excluding steroid dienone is 1. The van der Waals surface area contributed by atoms with Gasteiger partial charge in [0.05, 0.1) is 7.11 Å². The van der Waals surface area contributed by atoms with Crippen molar-refractivity contribution >= 4 is 17.8 Å². The normalized spacial score (nSPS) is 15.2. The van der Waals surface area contributed by atoms with Crippen molar-refractivity contribution in [2.24, 2.45) is 0 Å². The summed E-state index contributed by atoms with van der Waals surface area (Å²) in [6.07, 6.45) is 5.94. The molecule has 31 heavy (non-hydrogen) atoms. The second kappa shape index (κ2) is 11.1. The number of amides is 2. The second-order valence-electron chi connectivity index (χ2n) is 7.57. The molecule has 1 aliphatic carbocycles. The molecule has 3 rings (SSSR count). The van der Waals surface area contributed by atoms with Crippen LogP contribution in [0.15, 0.2) is 72.3 Å². The third kappa shape index (κ3) is 6.28. The maximum Gasteiger partial charge on any atom is 0.328 e. The number of rotatable bonds is 8. The van der Waals surface area contributed by atoms with E-state index in [2.05, 4.69) is 10.6 Å². The van der Waals surface area contributed by atoms with E-state index in [0.29, 0.717) is 12.0 Å². The van der Waals surface area contributed by atoms with Crippen LogP contribution in [0.3, 0.4) is 0 Å². The average molecular weight is 421 g/mol. The molecule has 0 heterocycles. The predicted octanol–water partition coefficient (Wildman–Crippen LogP) is 3.19. The van der Waals surface area contributed by atoms with Crippen LogP contribution in [0.25, 0.3) is 0 Å². The van der Waals surface area contributed by atoms with Gasteiger partial charge in [0.1, 0.15) is 12.1 Å². The van der Waals surface area contributed by atoms with E-state index >= 15 is 0 Å². The number of nitrogens with one attached hydrogen (secondary N) is 2. The minimum atomic E-state index is -0.847. The van der Waals surface area contributed by atoms with Gasteiger partial charge in [0.25, 0.3) is 5.91 Å². The molecule has 2 aromatic carbocycles. The monoisotopic (exact) mass is 420 g/mol. The highest BCUT2D eigenvalue weighted by molar-refractivity contribution is 5.99. The fourth-order valence-electron chi connectivity index (χ4n) is 3.70. The lowest BCUT2D eigenvalue weighted by Gasteiger charge is -2.26. The van der Waals surface area contributed by atoms with Gasteiger partial charge in [-0.05, 0) is 49.0 Å². The van der Waals surface area contributed by atoms with Gasteiger partial charge in [-0.25, -0.2) is 4.79 Å². The molecule has 0 saturated heterocycles. The van der Waals surface area contributed by atoms with Crippen LogP contribution in [-0.2, 0) is 20.7 Å². The summed E-state index contributed by atoms with van der Waals surface area (Å²) in [7, 11) is 1.30. The van der Waals surface area contributed by atoms with E-state index in [-0.39, 0.29) is 5.91 Å². The van der Waals surface area contributed by atoms with Crippen LogP contribution in [0.5, 0.6) is 0 Å². The third-order valence-corrected chi connectivity index (χ3v) is 5.36. The molecule has 6 nitrogen and oxygen atoms in total. The number of carbonyl (C=O) groups excluding carboxylic acids is 3. The van der Waals surface area contributed by atoms with Gasteiger partial charge in [-0.2, -0.15) is 0 Å². The van der Waals surface area contributed by atoms with Gasteiger partial charge in [0.2, 0.25) is 5.91 Å². The molecule has 0 radical (unpaired) electrons. The first-order chi connectivity index (χ1) is 15.1. The van der Waals surface area contributed by atoms with Gasteiger partial charge in [0, 0.05) is 12.0 Å². The van der Waals surface area contributed by atoms with Crippen molar-refractivity contribution < 1.29 is 19.1 Å². The maximum absolute atomic E-state index is 13.3. The Morgan fingerprint density at radius 1 is 0.935 bits per heavy atom. The van der Waals surface area contributed by atoms with Crippen LogP contribution >= 0.6 is 0 Å². The Morgan fingerprint density at radius 3 is 2.23 bits per heavy atom. The van der Waals surface area contributed by atoms with Crippen molar-refractivity contribution in [2.45, 2.75) is 44.2 Å². The number of benzene rings is 2. The number of methoxy groups -OCH3 is 1. The van der Waals surface area contributed by atoms with Crippen molar-refractivity contribution in [3.63, 3.8) is 0 Å².